The maximum absolute atomic E-state index is 8.78. The Morgan fingerprint density at radius 1 is 1.29 bits per heavy atom. The molecule has 0 radical (unpaired) electrons. The molecule has 2 aromatic rings. The van der Waals surface area contributed by atoms with Crippen LogP contribution in [0.25, 0.3) is 0 Å². The normalized spacial score (nSPS) is 18.3. The fourth-order valence-electron chi connectivity index (χ4n) is 2.67. The molecule has 1 aliphatic rings. The Kier molecular flexibility index (Phi) is 3.73. The van der Waals surface area contributed by atoms with Crippen LogP contribution in [-0.4, -0.2) is 33.0 Å². The summed E-state index contributed by atoms with van der Waals surface area (Å²) in [5, 5.41) is 8.78. The molecule has 0 N–H and O–H groups in total. The Labute approximate surface area is 123 Å². The quantitative estimate of drug-likeness (QED) is 0.835. The predicted molar refractivity (Wildman–Crippen MR) is 77.7 cm³/mol. The van der Waals surface area contributed by atoms with Crippen LogP contribution >= 0.6 is 0 Å². The van der Waals surface area contributed by atoms with Gasteiger partial charge in [0.1, 0.15) is 17.7 Å². The van der Waals surface area contributed by atoms with E-state index in [0.717, 1.165) is 43.3 Å². The van der Waals surface area contributed by atoms with E-state index in [-0.39, 0.29) is 0 Å². The lowest BCUT2D eigenvalue weighted by Crippen LogP contribution is -2.35. The summed E-state index contributed by atoms with van der Waals surface area (Å²) >= 11 is 0. The van der Waals surface area contributed by atoms with E-state index in [1.54, 1.807) is 6.20 Å². The topological polar surface area (TPSA) is 78.6 Å². The smallest absolute Gasteiger partial charge is 0.158 e. The van der Waals surface area contributed by atoms with Crippen molar-refractivity contribution in [3.63, 3.8) is 0 Å². The fourth-order valence-corrected chi connectivity index (χ4v) is 2.67. The molecule has 6 heteroatoms. The number of anilines is 1. The van der Waals surface area contributed by atoms with Crippen molar-refractivity contribution < 1.29 is 0 Å². The van der Waals surface area contributed by atoms with E-state index in [1.165, 1.54) is 6.20 Å². The van der Waals surface area contributed by atoms with Gasteiger partial charge in [-0.2, -0.15) is 5.26 Å². The summed E-state index contributed by atoms with van der Waals surface area (Å²) in [7, 11) is 0. The number of hydrogen-bond acceptors (Lipinski definition) is 6. The first-order valence-corrected chi connectivity index (χ1v) is 7.03. The largest absolute Gasteiger partial charge is 0.355 e. The predicted octanol–water partition coefficient (Wildman–Crippen LogP) is 1.83. The van der Waals surface area contributed by atoms with Gasteiger partial charge < -0.3 is 4.90 Å². The summed E-state index contributed by atoms with van der Waals surface area (Å²) in [6.45, 7) is 3.74. The van der Waals surface area contributed by atoms with Crippen LogP contribution in [0.4, 0.5) is 5.82 Å². The van der Waals surface area contributed by atoms with E-state index in [2.05, 4.69) is 24.8 Å². The van der Waals surface area contributed by atoms with Crippen molar-refractivity contribution in [3.05, 3.63) is 41.9 Å². The van der Waals surface area contributed by atoms with Gasteiger partial charge in [0.2, 0.25) is 0 Å². The number of nitrogens with zero attached hydrogens (tertiary/aromatic N) is 6. The number of nitriles is 1. The Morgan fingerprint density at radius 3 is 2.90 bits per heavy atom. The Morgan fingerprint density at radius 2 is 2.19 bits per heavy atom. The molecule has 0 bridgehead atoms. The highest BCUT2D eigenvalue weighted by Gasteiger charge is 2.23. The fraction of sp³-hybridized carbons (Fsp3) is 0.400. The molecule has 106 valence electrons. The van der Waals surface area contributed by atoms with E-state index < -0.39 is 0 Å². The number of aryl methyl sites for hydroxylation is 1. The molecule has 3 heterocycles. The van der Waals surface area contributed by atoms with Crippen molar-refractivity contribution in [2.24, 2.45) is 0 Å². The summed E-state index contributed by atoms with van der Waals surface area (Å²) in [4.78, 5) is 19.3. The maximum atomic E-state index is 8.78. The van der Waals surface area contributed by atoms with Gasteiger partial charge in [-0.1, -0.05) is 0 Å². The van der Waals surface area contributed by atoms with Crippen molar-refractivity contribution in [1.29, 1.82) is 5.26 Å². The molecule has 0 spiro atoms. The highest BCUT2D eigenvalue weighted by atomic mass is 15.2. The molecule has 0 saturated carbocycles. The Hall–Kier alpha value is -2.55. The second kappa shape index (κ2) is 5.83. The Bertz CT molecular complexity index is 661. The second-order valence-corrected chi connectivity index (χ2v) is 5.19. The zero-order chi connectivity index (χ0) is 14.7. The van der Waals surface area contributed by atoms with E-state index >= 15 is 0 Å². The Balaban J connectivity index is 1.77. The summed E-state index contributed by atoms with van der Waals surface area (Å²) < 4.78 is 0. The maximum Gasteiger partial charge on any atom is 0.158 e. The summed E-state index contributed by atoms with van der Waals surface area (Å²) in [6.07, 6.45) is 7.23. The molecule has 0 aliphatic carbocycles. The van der Waals surface area contributed by atoms with E-state index in [1.807, 2.05) is 25.3 Å². The number of aromatic nitrogens is 4. The summed E-state index contributed by atoms with van der Waals surface area (Å²) in [6, 6.07) is 3.98. The highest BCUT2D eigenvalue weighted by molar-refractivity contribution is 5.38. The lowest BCUT2D eigenvalue weighted by Gasteiger charge is -2.33. The molecule has 0 aromatic carbocycles. The first-order chi connectivity index (χ1) is 10.3. The number of rotatable bonds is 2. The lowest BCUT2D eigenvalue weighted by atomic mass is 9.94. The number of hydrogen-bond donors (Lipinski definition) is 0. The van der Waals surface area contributed by atoms with Crippen molar-refractivity contribution >= 4 is 5.82 Å². The van der Waals surface area contributed by atoms with Gasteiger partial charge in [-0.15, -0.1) is 0 Å². The average molecular weight is 280 g/mol. The molecule has 1 saturated heterocycles. The molecule has 1 unspecified atom stereocenters. The van der Waals surface area contributed by atoms with Gasteiger partial charge in [0, 0.05) is 30.9 Å². The van der Waals surface area contributed by atoms with E-state index in [0.29, 0.717) is 11.6 Å². The van der Waals surface area contributed by atoms with E-state index in [9.17, 15) is 0 Å². The second-order valence-electron chi connectivity index (χ2n) is 5.19. The molecule has 1 atom stereocenters. The monoisotopic (exact) mass is 280 g/mol. The third-order valence-electron chi connectivity index (χ3n) is 3.71. The average Bonchev–Trinajstić information content (AvgIpc) is 2.55. The van der Waals surface area contributed by atoms with Gasteiger partial charge in [-0.05, 0) is 25.8 Å². The van der Waals surface area contributed by atoms with Crippen molar-refractivity contribution in [1.82, 2.24) is 19.9 Å². The minimum Gasteiger partial charge on any atom is -0.355 e. The molecule has 6 nitrogen and oxygen atoms in total. The van der Waals surface area contributed by atoms with Gasteiger partial charge >= 0.3 is 0 Å². The minimum atomic E-state index is 0.346. The van der Waals surface area contributed by atoms with Gasteiger partial charge in [0.15, 0.2) is 5.69 Å². The van der Waals surface area contributed by atoms with Gasteiger partial charge in [-0.25, -0.2) is 19.9 Å². The summed E-state index contributed by atoms with van der Waals surface area (Å²) in [5.74, 6) is 2.02. The van der Waals surface area contributed by atoms with E-state index in [4.69, 9.17) is 5.26 Å². The minimum absolute atomic E-state index is 0.346. The van der Waals surface area contributed by atoms with Gasteiger partial charge in [0.05, 0.1) is 12.4 Å². The highest BCUT2D eigenvalue weighted by Crippen LogP contribution is 2.27. The zero-order valence-corrected chi connectivity index (χ0v) is 11.9. The molecule has 2 aromatic heterocycles. The lowest BCUT2D eigenvalue weighted by molar-refractivity contribution is 0.496. The first-order valence-electron chi connectivity index (χ1n) is 7.03. The van der Waals surface area contributed by atoms with Crippen LogP contribution in [0.15, 0.2) is 24.7 Å². The molecular weight excluding hydrogens is 264 g/mol. The standard InChI is InChI=1S/C15H16N6/c1-11-17-5-4-14(20-11)12-3-2-6-21(10-12)15-9-18-13(7-16)8-19-15/h4-5,8-9,12H,2-3,6,10H2,1H3. The van der Waals surface area contributed by atoms with Crippen molar-refractivity contribution in [2.75, 3.05) is 18.0 Å². The van der Waals surface area contributed by atoms with Crippen LogP contribution in [0.2, 0.25) is 0 Å². The SMILES string of the molecule is Cc1nccc(C2CCCN(c3cnc(C#N)cn3)C2)n1. The van der Waals surface area contributed by atoms with Crippen LogP contribution in [-0.2, 0) is 0 Å². The van der Waals surface area contributed by atoms with Crippen LogP contribution in [0.3, 0.4) is 0 Å². The molecule has 0 amide bonds. The van der Waals surface area contributed by atoms with Crippen molar-refractivity contribution in [2.45, 2.75) is 25.7 Å². The third kappa shape index (κ3) is 2.97. The van der Waals surface area contributed by atoms with Crippen LogP contribution in [0.5, 0.6) is 0 Å². The van der Waals surface area contributed by atoms with Crippen LogP contribution in [0, 0.1) is 18.3 Å². The third-order valence-corrected chi connectivity index (χ3v) is 3.71. The van der Waals surface area contributed by atoms with Gasteiger partial charge in [-0.3, -0.25) is 0 Å². The molecular formula is C15H16N6. The molecule has 3 rings (SSSR count). The number of piperidine rings is 1. The van der Waals surface area contributed by atoms with Crippen LogP contribution in [0.1, 0.15) is 36.0 Å². The molecule has 1 fully saturated rings. The first kappa shape index (κ1) is 13.4. The van der Waals surface area contributed by atoms with Crippen LogP contribution < -0.4 is 4.90 Å². The molecule has 1 aliphatic heterocycles. The van der Waals surface area contributed by atoms with Gasteiger partial charge in [0.25, 0.3) is 0 Å². The molecule has 21 heavy (non-hydrogen) atoms. The van der Waals surface area contributed by atoms with Crippen molar-refractivity contribution in [3.8, 4) is 6.07 Å². The summed E-state index contributed by atoms with van der Waals surface area (Å²) in [5.41, 5.74) is 1.44. The zero-order valence-electron chi connectivity index (χ0n) is 11.9.